The maximum absolute atomic E-state index is 12.9. The summed E-state index contributed by atoms with van der Waals surface area (Å²) in [6.45, 7) is 8.54. The van der Waals surface area contributed by atoms with Crippen molar-refractivity contribution in [3.8, 4) is 11.1 Å². The fourth-order valence-electron chi connectivity index (χ4n) is 3.98. The van der Waals surface area contributed by atoms with Crippen LogP contribution in [0.4, 0.5) is 0 Å². The number of nitrogens with zero attached hydrogens (tertiary/aromatic N) is 2. The van der Waals surface area contributed by atoms with Crippen LogP contribution in [0.3, 0.4) is 0 Å². The van der Waals surface area contributed by atoms with Crippen molar-refractivity contribution < 1.29 is 0 Å². The van der Waals surface area contributed by atoms with E-state index < -0.39 is 0 Å². The molecule has 0 aliphatic carbocycles. The van der Waals surface area contributed by atoms with Crippen LogP contribution in [0, 0.1) is 0 Å². The van der Waals surface area contributed by atoms with Crippen LogP contribution in [0.15, 0.2) is 53.5 Å². The molecule has 0 bridgehead atoms. The highest BCUT2D eigenvalue weighted by atomic mass is 35.5. The SMILES string of the molecule is CC(C)(C)N1CC=C(c2cc(Cl)n3ccc(=O)c(-c4c(Cl)cccc4Cl)c3c2)CC1. The van der Waals surface area contributed by atoms with Gasteiger partial charge in [0.2, 0.25) is 0 Å². The summed E-state index contributed by atoms with van der Waals surface area (Å²) >= 11 is 19.5. The fraction of sp³-hybridized carbons (Fsp3) is 0.292. The van der Waals surface area contributed by atoms with Crippen LogP contribution < -0.4 is 5.43 Å². The number of pyridine rings is 2. The molecule has 0 radical (unpaired) electrons. The lowest BCUT2D eigenvalue weighted by atomic mass is 9.95. The summed E-state index contributed by atoms with van der Waals surface area (Å²) in [5, 5.41) is 1.41. The quantitative estimate of drug-likeness (QED) is 0.391. The first-order chi connectivity index (χ1) is 14.2. The normalized spacial score (nSPS) is 15.5. The maximum atomic E-state index is 12.9. The van der Waals surface area contributed by atoms with E-state index in [1.165, 1.54) is 11.6 Å². The van der Waals surface area contributed by atoms with E-state index in [1.54, 1.807) is 28.8 Å². The van der Waals surface area contributed by atoms with Gasteiger partial charge in [-0.2, -0.15) is 0 Å². The Hall–Kier alpha value is -1.78. The first kappa shape index (κ1) is 21.5. The first-order valence-corrected chi connectivity index (χ1v) is 11.0. The molecule has 2 aromatic heterocycles. The minimum Gasteiger partial charge on any atom is -0.307 e. The first-order valence-electron chi connectivity index (χ1n) is 9.90. The smallest absolute Gasteiger partial charge is 0.190 e. The lowest BCUT2D eigenvalue weighted by molar-refractivity contribution is 0.153. The van der Waals surface area contributed by atoms with Crippen molar-refractivity contribution in [2.75, 3.05) is 13.1 Å². The topological polar surface area (TPSA) is 24.7 Å². The zero-order valence-corrected chi connectivity index (χ0v) is 19.4. The molecule has 0 spiro atoms. The lowest BCUT2D eigenvalue weighted by Gasteiger charge is -2.37. The predicted octanol–water partition coefficient (Wildman–Crippen LogP) is 6.81. The van der Waals surface area contributed by atoms with Crippen LogP contribution in [0.25, 0.3) is 22.2 Å². The molecule has 4 rings (SSSR count). The van der Waals surface area contributed by atoms with Gasteiger partial charge in [0.15, 0.2) is 5.43 Å². The molecule has 30 heavy (non-hydrogen) atoms. The van der Waals surface area contributed by atoms with E-state index in [9.17, 15) is 4.79 Å². The van der Waals surface area contributed by atoms with Crippen LogP contribution >= 0.6 is 34.8 Å². The van der Waals surface area contributed by atoms with Gasteiger partial charge in [-0.3, -0.25) is 9.69 Å². The molecule has 3 aromatic rings. The number of fused-ring (bicyclic) bond motifs is 1. The summed E-state index contributed by atoms with van der Waals surface area (Å²) in [7, 11) is 0. The average Bonchev–Trinajstić information content (AvgIpc) is 2.68. The predicted molar refractivity (Wildman–Crippen MR) is 128 cm³/mol. The Morgan fingerprint density at radius 2 is 1.67 bits per heavy atom. The van der Waals surface area contributed by atoms with Crippen molar-refractivity contribution in [2.24, 2.45) is 0 Å². The van der Waals surface area contributed by atoms with Gasteiger partial charge in [0.25, 0.3) is 0 Å². The van der Waals surface area contributed by atoms with Gasteiger partial charge in [0, 0.05) is 36.5 Å². The van der Waals surface area contributed by atoms with Gasteiger partial charge >= 0.3 is 0 Å². The van der Waals surface area contributed by atoms with E-state index in [4.69, 9.17) is 34.8 Å². The molecule has 0 saturated heterocycles. The molecule has 1 aliphatic heterocycles. The second-order valence-corrected chi connectivity index (χ2v) is 9.77. The zero-order chi connectivity index (χ0) is 21.6. The Balaban J connectivity index is 1.90. The maximum Gasteiger partial charge on any atom is 0.190 e. The van der Waals surface area contributed by atoms with Crippen LogP contribution in [0.2, 0.25) is 15.2 Å². The Morgan fingerprint density at radius 3 is 2.27 bits per heavy atom. The minimum atomic E-state index is -0.144. The summed E-state index contributed by atoms with van der Waals surface area (Å²) in [5.74, 6) is 0. The third-order valence-corrected chi connectivity index (χ3v) is 6.60. The second kappa shape index (κ2) is 8.05. The number of benzene rings is 1. The van der Waals surface area contributed by atoms with Crippen LogP contribution in [-0.2, 0) is 0 Å². The minimum absolute atomic E-state index is 0.129. The number of hydrogen-bond donors (Lipinski definition) is 0. The summed E-state index contributed by atoms with van der Waals surface area (Å²) in [4.78, 5) is 15.3. The van der Waals surface area contributed by atoms with Crippen molar-refractivity contribution in [1.29, 1.82) is 0 Å². The van der Waals surface area contributed by atoms with Crippen LogP contribution in [-0.4, -0.2) is 27.9 Å². The van der Waals surface area contributed by atoms with E-state index in [0.29, 0.717) is 31.8 Å². The third-order valence-electron chi connectivity index (χ3n) is 5.68. The molecular weight excluding hydrogens is 439 g/mol. The molecule has 3 nitrogen and oxygen atoms in total. The highest BCUT2D eigenvalue weighted by Crippen LogP contribution is 2.37. The molecular formula is C24H23Cl3N2O. The Labute approximate surface area is 191 Å². The Bertz CT molecular complexity index is 1200. The molecule has 6 heteroatoms. The van der Waals surface area contributed by atoms with E-state index >= 15 is 0 Å². The zero-order valence-electron chi connectivity index (χ0n) is 17.2. The molecule has 0 N–H and O–H groups in total. The van der Waals surface area contributed by atoms with Gasteiger partial charge in [0.05, 0.1) is 21.1 Å². The Morgan fingerprint density at radius 1 is 0.967 bits per heavy atom. The van der Waals surface area contributed by atoms with Crippen molar-refractivity contribution >= 4 is 45.9 Å². The van der Waals surface area contributed by atoms with E-state index in [1.807, 2.05) is 12.1 Å². The van der Waals surface area contributed by atoms with E-state index in [-0.39, 0.29) is 11.0 Å². The van der Waals surface area contributed by atoms with Gasteiger partial charge in [-0.25, -0.2) is 0 Å². The van der Waals surface area contributed by atoms with Crippen molar-refractivity contribution in [1.82, 2.24) is 9.30 Å². The monoisotopic (exact) mass is 460 g/mol. The average molecular weight is 462 g/mol. The molecule has 1 aromatic carbocycles. The molecule has 0 fully saturated rings. The van der Waals surface area contributed by atoms with Gasteiger partial charge in [-0.15, -0.1) is 0 Å². The number of rotatable bonds is 2. The molecule has 156 valence electrons. The van der Waals surface area contributed by atoms with Crippen molar-refractivity contribution in [2.45, 2.75) is 32.7 Å². The number of halogens is 3. The highest BCUT2D eigenvalue weighted by molar-refractivity contribution is 6.39. The summed E-state index contributed by atoms with van der Waals surface area (Å²) in [5.41, 5.74) is 3.92. The fourth-order valence-corrected chi connectivity index (χ4v) is 4.83. The standard InChI is InChI=1S/C24H23Cl3N2O/c1-24(2,3)28-10-7-15(8-11-28)16-13-19-23(22-17(25)5-4-6-18(22)26)20(30)9-12-29(19)21(27)14-16/h4-7,9,12-14H,8,10-11H2,1-3H3. The number of aromatic nitrogens is 1. The third kappa shape index (κ3) is 3.92. The van der Waals surface area contributed by atoms with Gasteiger partial charge in [0.1, 0.15) is 5.15 Å². The van der Waals surface area contributed by atoms with Crippen LogP contribution in [0.5, 0.6) is 0 Å². The molecule has 0 amide bonds. The summed E-state index contributed by atoms with van der Waals surface area (Å²) < 4.78 is 1.80. The van der Waals surface area contributed by atoms with E-state index in [0.717, 1.165) is 25.1 Å². The molecule has 0 saturated carbocycles. The summed E-state index contributed by atoms with van der Waals surface area (Å²) in [6, 6.07) is 10.7. The second-order valence-electron chi connectivity index (χ2n) is 8.57. The van der Waals surface area contributed by atoms with Crippen molar-refractivity contribution in [3.05, 3.63) is 79.7 Å². The van der Waals surface area contributed by atoms with Gasteiger partial charge < -0.3 is 4.40 Å². The molecule has 3 heterocycles. The lowest BCUT2D eigenvalue weighted by Crippen LogP contribution is -2.43. The van der Waals surface area contributed by atoms with Gasteiger partial charge in [-0.1, -0.05) is 46.9 Å². The van der Waals surface area contributed by atoms with E-state index in [2.05, 4.69) is 31.7 Å². The molecule has 0 atom stereocenters. The largest absolute Gasteiger partial charge is 0.307 e. The van der Waals surface area contributed by atoms with Gasteiger partial charge in [-0.05, 0) is 62.6 Å². The highest BCUT2D eigenvalue weighted by Gasteiger charge is 2.24. The number of hydrogen-bond acceptors (Lipinski definition) is 2. The van der Waals surface area contributed by atoms with Crippen LogP contribution in [0.1, 0.15) is 32.8 Å². The molecule has 0 unspecified atom stereocenters. The summed E-state index contributed by atoms with van der Waals surface area (Å²) in [6.07, 6.45) is 4.86. The Kier molecular flexibility index (Phi) is 5.75. The molecule has 1 aliphatic rings. The van der Waals surface area contributed by atoms with Crippen molar-refractivity contribution in [3.63, 3.8) is 0 Å².